The lowest BCUT2D eigenvalue weighted by Gasteiger charge is -2.08. The highest BCUT2D eigenvalue weighted by molar-refractivity contribution is 5.38. The second kappa shape index (κ2) is 4.13. The van der Waals surface area contributed by atoms with Crippen molar-refractivity contribution in [3.8, 4) is 5.75 Å². The average molecular weight is 176 g/mol. The van der Waals surface area contributed by atoms with Gasteiger partial charge in [0.2, 0.25) is 0 Å². The van der Waals surface area contributed by atoms with Crippen molar-refractivity contribution in [3.63, 3.8) is 0 Å². The summed E-state index contributed by atoms with van der Waals surface area (Å²) in [4.78, 5) is 0. The Morgan fingerprint density at radius 3 is 2.69 bits per heavy atom. The lowest BCUT2D eigenvalue weighted by Crippen LogP contribution is -1.93. The zero-order valence-electron chi connectivity index (χ0n) is 8.55. The van der Waals surface area contributed by atoms with Crippen molar-refractivity contribution in [2.75, 3.05) is 7.11 Å². The Bertz CT molecular complexity index is 313. The molecule has 1 aromatic rings. The van der Waals surface area contributed by atoms with Crippen molar-refractivity contribution in [1.29, 1.82) is 0 Å². The molecule has 1 aromatic carbocycles. The Hall–Kier alpha value is -1.24. The molecule has 1 rings (SSSR count). The van der Waals surface area contributed by atoms with Gasteiger partial charge in [-0.05, 0) is 37.5 Å². The zero-order valence-corrected chi connectivity index (χ0v) is 8.55. The van der Waals surface area contributed by atoms with E-state index in [1.54, 1.807) is 7.11 Å². The molecule has 0 amide bonds. The van der Waals surface area contributed by atoms with Crippen LogP contribution in [0.4, 0.5) is 0 Å². The quantitative estimate of drug-likeness (QED) is 0.643. The first kappa shape index (κ1) is 9.85. The second-order valence-electron chi connectivity index (χ2n) is 3.45. The number of methoxy groups -OCH3 is 1. The van der Waals surface area contributed by atoms with Crippen molar-refractivity contribution >= 4 is 0 Å². The van der Waals surface area contributed by atoms with Crippen molar-refractivity contribution in [2.45, 2.75) is 20.3 Å². The van der Waals surface area contributed by atoms with Crippen LogP contribution in [0.3, 0.4) is 0 Å². The van der Waals surface area contributed by atoms with Crippen LogP contribution in [-0.2, 0) is 6.42 Å². The van der Waals surface area contributed by atoms with Crippen LogP contribution in [-0.4, -0.2) is 7.11 Å². The summed E-state index contributed by atoms with van der Waals surface area (Å²) in [6, 6.07) is 6.25. The van der Waals surface area contributed by atoms with Crippen LogP contribution in [0.15, 0.2) is 30.4 Å². The predicted octanol–water partition coefficient (Wildman–Crippen LogP) is 3.12. The van der Waals surface area contributed by atoms with E-state index in [0.29, 0.717) is 0 Å². The first-order valence-electron chi connectivity index (χ1n) is 4.41. The number of ether oxygens (including phenoxy) is 1. The molecule has 0 aromatic heterocycles. The molecule has 0 atom stereocenters. The van der Waals surface area contributed by atoms with Crippen LogP contribution in [0.5, 0.6) is 5.75 Å². The molecule has 0 aliphatic carbocycles. The van der Waals surface area contributed by atoms with Crippen LogP contribution in [0, 0.1) is 6.92 Å². The number of hydrogen-bond donors (Lipinski definition) is 0. The Kier molecular flexibility index (Phi) is 3.13. The van der Waals surface area contributed by atoms with Gasteiger partial charge in [-0.2, -0.15) is 0 Å². The normalized spacial score (nSPS) is 9.77. The molecule has 0 aliphatic heterocycles. The number of allylic oxidation sites excluding steroid dienone is 1. The molecule has 70 valence electrons. The van der Waals surface area contributed by atoms with E-state index in [9.17, 15) is 0 Å². The monoisotopic (exact) mass is 176 g/mol. The third-order valence-corrected chi connectivity index (χ3v) is 1.93. The van der Waals surface area contributed by atoms with Gasteiger partial charge < -0.3 is 4.74 Å². The van der Waals surface area contributed by atoms with E-state index in [2.05, 4.69) is 31.7 Å². The van der Waals surface area contributed by atoms with Crippen LogP contribution in [0.1, 0.15) is 18.1 Å². The Balaban J connectivity index is 2.99. The summed E-state index contributed by atoms with van der Waals surface area (Å²) >= 11 is 0. The Morgan fingerprint density at radius 2 is 2.15 bits per heavy atom. The zero-order chi connectivity index (χ0) is 9.84. The fraction of sp³-hybridized carbons (Fsp3) is 0.333. The first-order chi connectivity index (χ1) is 6.13. The molecule has 13 heavy (non-hydrogen) atoms. The van der Waals surface area contributed by atoms with Gasteiger partial charge in [-0.15, -0.1) is 0 Å². The van der Waals surface area contributed by atoms with Crippen molar-refractivity contribution in [2.24, 2.45) is 0 Å². The van der Waals surface area contributed by atoms with Gasteiger partial charge in [-0.25, -0.2) is 0 Å². The predicted molar refractivity (Wildman–Crippen MR) is 56.2 cm³/mol. The molecular weight excluding hydrogens is 160 g/mol. The van der Waals surface area contributed by atoms with Crippen LogP contribution >= 0.6 is 0 Å². The number of benzene rings is 1. The summed E-state index contributed by atoms with van der Waals surface area (Å²) in [6.07, 6.45) is 0.892. The third kappa shape index (κ3) is 2.62. The number of aryl methyl sites for hydroxylation is 1. The number of rotatable bonds is 3. The summed E-state index contributed by atoms with van der Waals surface area (Å²) in [7, 11) is 1.71. The molecule has 0 fully saturated rings. The van der Waals surface area contributed by atoms with Gasteiger partial charge >= 0.3 is 0 Å². The van der Waals surface area contributed by atoms with Gasteiger partial charge in [0.1, 0.15) is 5.75 Å². The van der Waals surface area contributed by atoms with Gasteiger partial charge in [0.15, 0.2) is 0 Å². The molecule has 0 aliphatic rings. The van der Waals surface area contributed by atoms with E-state index in [4.69, 9.17) is 4.74 Å². The molecule has 0 bridgehead atoms. The summed E-state index contributed by atoms with van der Waals surface area (Å²) < 4.78 is 5.29. The number of hydrogen-bond acceptors (Lipinski definition) is 1. The minimum Gasteiger partial charge on any atom is -0.496 e. The first-order valence-corrected chi connectivity index (χ1v) is 4.41. The van der Waals surface area contributed by atoms with Crippen LogP contribution in [0.25, 0.3) is 0 Å². The largest absolute Gasteiger partial charge is 0.496 e. The Morgan fingerprint density at radius 1 is 1.46 bits per heavy atom. The fourth-order valence-electron chi connectivity index (χ4n) is 1.32. The second-order valence-corrected chi connectivity index (χ2v) is 3.45. The van der Waals surface area contributed by atoms with Gasteiger partial charge in [0, 0.05) is 0 Å². The summed E-state index contributed by atoms with van der Waals surface area (Å²) in [5.74, 6) is 0.961. The highest BCUT2D eigenvalue weighted by atomic mass is 16.5. The van der Waals surface area contributed by atoms with E-state index >= 15 is 0 Å². The van der Waals surface area contributed by atoms with Crippen molar-refractivity contribution in [3.05, 3.63) is 41.5 Å². The maximum atomic E-state index is 5.29. The summed E-state index contributed by atoms with van der Waals surface area (Å²) in [5, 5.41) is 0. The standard InChI is InChI=1S/C12H16O/c1-9(2)7-11-6-5-10(3)8-12(11)13-4/h5-6,8H,1,7H2,2-4H3. The van der Waals surface area contributed by atoms with E-state index in [0.717, 1.165) is 17.7 Å². The molecule has 0 radical (unpaired) electrons. The molecule has 1 nitrogen and oxygen atoms in total. The highest BCUT2D eigenvalue weighted by Crippen LogP contribution is 2.21. The highest BCUT2D eigenvalue weighted by Gasteiger charge is 2.02. The molecule has 0 saturated heterocycles. The molecule has 1 heteroatoms. The lowest BCUT2D eigenvalue weighted by molar-refractivity contribution is 0.410. The van der Waals surface area contributed by atoms with Crippen LogP contribution < -0.4 is 4.74 Å². The topological polar surface area (TPSA) is 9.23 Å². The van der Waals surface area contributed by atoms with Gasteiger partial charge in [-0.1, -0.05) is 24.3 Å². The molecule has 0 spiro atoms. The van der Waals surface area contributed by atoms with Crippen LogP contribution in [0.2, 0.25) is 0 Å². The molecule has 0 N–H and O–H groups in total. The van der Waals surface area contributed by atoms with E-state index in [1.807, 2.05) is 6.92 Å². The minimum atomic E-state index is 0.892. The molecule has 0 heterocycles. The minimum absolute atomic E-state index is 0.892. The fourth-order valence-corrected chi connectivity index (χ4v) is 1.32. The average Bonchev–Trinajstić information content (AvgIpc) is 2.07. The van der Waals surface area contributed by atoms with E-state index < -0.39 is 0 Å². The smallest absolute Gasteiger partial charge is 0.122 e. The van der Waals surface area contributed by atoms with E-state index in [-0.39, 0.29) is 0 Å². The molecule has 0 unspecified atom stereocenters. The van der Waals surface area contributed by atoms with E-state index in [1.165, 1.54) is 11.1 Å². The van der Waals surface area contributed by atoms with Crippen molar-refractivity contribution < 1.29 is 4.74 Å². The van der Waals surface area contributed by atoms with Gasteiger partial charge in [0.05, 0.1) is 7.11 Å². The SMILES string of the molecule is C=C(C)Cc1ccc(C)cc1OC. The lowest BCUT2D eigenvalue weighted by atomic mass is 10.0. The third-order valence-electron chi connectivity index (χ3n) is 1.93. The molecular formula is C12H16O. The van der Waals surface area contributed by atoms with Gasteiger partial charge in [-0.3, -0.25) is 0 Å². The summed E-state index contributed by atoms with van der Waals surface area (Å²) in [6.45, 7) is 7.98. The maximum absolute atomic E-state index is 5.29. The Labute approximate surface area is 80.0 Å². The maximum Gasteiger partial charge on any atom is 0.122 e. The van der Waals surface area contributed by atoms with Gasteiger partial charge in [0.25, 0.3) is 0 Å². The summed E-state index contributed by atoms with van der Waals surface area (Å²) in [5.41, 5.74) is 3.59. The molecule has 0 saturated carbocycles. The van der Waals surface area contributed by atoms with Crippen molar-refractivity contribution in [1.82, 2.24) is 0 Å².